The molecule has 1 atom stereocenters. The molecule has 2 rings (SSSR count). The number of nitrogens with zero attached hydrogens (tertiary/aromatic N) is 1. The van der Waals surface area contributed by atoms with Crippen molar-refractivity contribution in [2.75, 3.05) is 19.7 Å². The zero-order valence-corrected chi connectivity index (χ0v) is 15.9. The molecule has 0 radical (unpaired) electrons. The molecule has 0 bridgehead atoms. The second-order valence-electron chi connectivity index (χ2n) is 6.42. The first kappa shape index (κ1) is 21.1. The van der Waals surface area contributed by atoms with Gasteiger partial charge in [0.15, 0.2) is 0 Å². The van der Waals surface area contributed by atoms with Gasteiger partial charge in [0, 0.05) is 18.5 Å². The van der Waals surface area contributed by atoms with E-state index < -0.39 is 37.6 Å². The summed E-state index contributed by atoms with van der Waals surface area (Å²) in [5.41, 5.74) is -5.51. The van der Waals surface area contributed by atoms with Gasteiger partial charge in [-0.15, -0.1) is 0 Å². The summed E-state index contributed by atoms with van der Waals surface area (Å²) < 4.78 is 91.2. The second-order valence-corrected chi connectivity index (χ2v) is 9.96. The van der Waals surface area contributed by atoms with Gasteiger partial charge >= 0.3 is 15.5 Å². The summed E-state index contributed by atoms with van der Waals surface area (Å²) in [7, 11) is -9.52. The van der Waals surface area contributed by atoms with E-state index in [2.05, 4.69) is 0 Å². The Bertz CT molecular complexity index is 850. The van der Waals surface area contributed by atoms with Crippen molar-refractivity contribution >= 4 is 20.1 Å². The Hall–Kier alpha value is -1.17. The van der Waals surface area contributed by atoms with Crippen LogP contribution in [-0.2, 0) is 24.3 Å². The zero-order valence-electron chi connectivity index (χ0n) is 14.3. The van der Waals surface area contributed by atoms with Gasteiger partial charge in [-0.1, -0.05) is 24.6 Å². The highest BCUT2D eigenvalue weighted by Crippen LogP contribution is 2.39. The number of hydrogen-bond donors (Lipinski definition) is 0. The smallest absolute Gasteiger partial charge is 0.266 e. The fourth-order valence-electron chi connectivity index (χ4n) is 2.73. The molecule has 0 saturated carbocycles. The quantitative estimate of drug-likeness (QED) is 0.668. The van der Waals surface area contributed by atoms with Gasteiger partial charge in [-0.2, -0.15) is 25.9 Å². The van der Waals surface area contributed by atoms with Crippen LogP contribution in [0.4, 0.5) is 13.2 Å². The van der Waals surface area contributed by atoms with Crippen LogP contribution in [-0.4, -0.2) is 46.3 Å². The Labute approximate surface area is 151 Å². The molecule has 0 aliphatic carbocycles. The Morgan fingerprint density at radius 1 is 1.15 bits per heavy atom. The molecule has 0 unspecified atom stereocenters. The molecule has 0 aromatic heterocycles. The lowest BCUT2D eigenvalue weighted by atomic mass is 9.85. The standard InChI is InChI=1S/C15H20F3NO5S2/c1-3-14(8-9-19(10-14)26(22,23)15(16,17)18)11-24-25(20,21)13-6-4-12(2)5-7-13/h4-7H,3,8-11H2,1-2H3/t14-/m0/s1. The van der Waals surface area contributed by atoms with E-state index in [1.54, 1.807) is 26.0 Å². The van der Waals surface area contributed by atoms with E-state index in [9.17, 15) is 30.0 Å². The van der Waals surface area contributed by atoms with Crippen LogP contribution < -0.4 is 0 Å². The van der Waals surface area contributed by atoms with Crippen LogP contribution in [0.1, 0.15) is 25.3 Å². The lowest BCUT2D eigenvalue weighted by Gasteiger charge is -2.27. The average molecular weight is 415 g/mol. The van der Waals surface area contributed by atoms with Crippen LogP contribution in [0.2, 0.25) is 0 Å². The van der Waals surface area contributed by atoms with Gasteiger partial charge in [0.25, 0.3) is 10.1 Å². The number of aryl methyl sites for hydroxylation is 1. The third-order valence-electron chi connectivity index (χ3n) is 4.62. The molecule has 6 nitrogen and oxygen atoms in total. The van der Waals surface area contributed by atoms with Crippen molar-refractivity contribution < 1.29 is 34.2 Å². The van der Waals surface area contributed by atoms with Crippen molar-refractivity contribution in [1.29, 1.82) is 0 Å². The largest absolute Gasteiger partial charge is 0.511 e. The van der Waals surface area contributed by atoms with Crippen molar-refractivity contribution in [2.24, 2.45) is 5.41 Å². The minimum atomic E-state index is -5.44. The first-order chi connectivity index (χ1) is 11.8. The Kier molecular flexibility index (Phi) is 5.77. The van der Waals surface area contributed by atoms with E-state index in [0.29, 0.717) is 4.31 Å². The molecule has 1 aliphatic rings. The first-order valence-corrected chi connectivity index (χ1v) is 10.7. The number of halogens is 3. The summed E-state index contributed by atoms with van der Waals surface area (Å²) in [4.78, 5) is -0.0629. The summed E-state index contributed by atoms with van der Waals surface area (Å²) in [6.07, 6.45) is 0.364. The van der Waals surface area contributed by atoms with E-state index in [1.807, 2.05) is 0 Å². The second kappa shape index (κ2) is 7.10. The monoisotopic (exact) mass is 415 g/mol. The highest BCUT2D eigenvalue weighted by atomic mass is 32.2. The van der Waals surface area contributed by atoms with Crippen LogP contribution in [0.5, 0.6) is 0 Å². The summed E-state index contributed by atoms with van der Waals surface area (Å²) >= 11 is 0. The molecule has 1 heterocycles. The number of hydrogen-bond acceptors (Lipinski definition) is 5. The maximum absolute atomic E-state index is 12.7. The molecule has 148 valence electrons. The topological polar surface area (TPSA) is 80.8 Å². The van der Waals surface area contributed by atoms with E-state index in [1.165, 1.54) is 12.1 Å². The van der Waals surface area contributed by atoms with Crippen LogP contribution in [0.3, 0.4) is 0 Å². The van der Waals surface area contributed by atoms with Gasteiger partial charge < -0.3 is 0 Å². The molecule has 1 aliphatic heterocycles. The average Bonchev–Trinajstić information content (AvgIpc) is 2.98. The van der Waals surface area contributed by atoms with Gasteiger partial charge in [-0.25, -0.2) is 8.42 Å². The maximum Gasteiger partial charge on any atom is 0.511 e. The Morgan fingerprint density at radius 3 is 2.23 bits per heavy atom. The first-order valence-electron chi connectivity index (χ1n) is 7.85. The van der Waals surface area contributed by atoms with Gasteiger partial charge in [-0.3, -0.25) is 4.18 Å². The molecular formula is C15H20F3NO5S2. The van der Waals surface area contributed by atoms with Gasteiger partial charge in [0.2, 0.25) is 0 Å². The number of sulfonamides is 1. The summed E-state index contributed by atoms with van der Waals surface area (Å²) in [5.74, 6) is 0. The normalized spacial score (nSPS) is 22.7. The summed E-state index contributed by atoms with van der Waals surface area (Å²) in [5, 5.41) is 0. The van der Waals surface area contributed by atoms with E-state index in [-0.39, 0.29) is 30.9 Å². The third-order valence-corrected chi connectivity index (χ3v) is 7.47. The van der Waals surface area contributed by atoms with Gasteiger partial charge in [0.05, 0.1) is 11.5 Å². The predicted octanol–water partition coefficient (Wildman–Crippen LogP) is 2.65. The van der Waals surface area contributed by atoms with E-state index in [4.69, 9.17) is 4.18 Å². The molecule has 1 fully saturated rings. The van der Waals surface area contributed by atoms with Crippen LogP contribution in [0, 0.1) is 12.3 Å². The maximum atomic E-state index is 12.7. The van der Waals surface area contributed by atoms with Crippen molar-refractivity contribution in [1.82, 2.24) is 4.31 Å². The fourth-order valence-corrected chi connectivity index (χ4v) is 4.81. The lowest BCUT2D eigenvalue weighted by molar-refractivity contribution is -0.0486. The SMILES string of the molecule is CC[C@]1(COS(=O)(=O)c2ccc(C)cc2)CCN(S(=O)(=O)C(F)(F)F)C1. The molecule has 0 amide bonds. The zero-order chi connectivity index (χ0) is 19.8. The highest BCUT2D eigenvalue weighted by Gasteiger charge is 2.54. The molecule has 1 aromatic rings. The fraction of sp³-hybridized carbons (Fsp3) is 0.600. The van der Waals surface area contributed by atoms with Gasteiger partial charge in [-0.05, 0) is 31.9 Å². The molecule has 1 aromatic carbocycles. The van der Waals surface area contributed by atoms with Crippen LogP contribution in [0.15, 0.2) is 29.2 Å². The molecular weight excluding hydrogens is 395 g/mol. The number of alkyl halides is 3. The Morgan fingerprint density at radius 2 is 1.73 bits per heavy atom. The predicted molar refractivity (Wildman–Crippen MR) is 88.2 cm³/mol. The van der Waals surface area contributed by atoms with Crippen molar-refractivity contribution in [3.05, 3.63) is 29.8 Å². The van der Waals surface area contributed by atoms with E-state index in [0.717, 1.165) is 5.56 Å². The Balaban J connectivity index is 2.14. The van der Waals surface area contributed by atoms with Crippen LogP contribution in [0.25, 0.3) is 0 Å². The molecule has 0 spiro atoms. The number of rotatable bonds is 6. The minimum Gasteiger partial charge on any atom is -0.266 e. The van der Waals surface area contributed by atoms with Crippen molar-refractivity contribution in [3.63, 3.8) is 0 Å². The minimum absolute atomic E-state index is 0.0629. The van der Waals surface area contributed by atoms with Gasteiger partial charge in [0.1, 0.15) is 0 Å². The molecule has 11 heteroatoms. The highest BCUT2D eigenvalue weighted by molar-refractivity contribution is 7.90. The summed E-state index contributed by atoms with van der Waals surface area (Å²) in [6, 6.07) is 5.94. The molecule has 0 N–H and O–H groups in total. The number of benzene rings is 1. The third kappa shape index (κ3) is 4.21. The molecule has 26 heavy (non-hydrogen) atoms. The van der Waals surface area contributed by atoms with Crippen LogP contribution >= 0.6 is 0 Å². The van der Waals surface area contributed by atoms with E-state index >= 15 is 0 Å². The van der Waals surface area contributed by atoms with Crippen molar-refractivity contribution in [2.45, 2.75) is 37.1 Å². The summed E-state index contributed by atoms with van der Waals surface area (Å²) in [6.45, 7) is 2.30. The lowest BCUT2D eigenvalue weighted by Crippen LogP contribution is -2.41. The molecule has 1 saturated heterocycles. The van der Waals surface area contributed by atoms with Crippen molar-refractivity contribution in [3.8, 4) is 0 Å².